The first kappa shape index (κ1) is 18.6. The van der Waals surface area contributed by atoms with Crippen LogP contribution in [-0.2, 0) is 11.3 Å². The molecule has 0 saturated carbocycles. The molecule has 4 rings (SSSR count). The van der Waals surface area contributed by atoms with E-state index in [2.05, 4.69) is 25.5 Å². The Hall–Kier alpha value is -3.75. The monoisotopic (exact) mass is 391 g/mol. The molecule has 0 fully saturated rings. The fourth-order valence-corrected chi connectivity index (χ4v) is 3.12. The summed E-state index contributed by atoms with van der Waals surface area (Å²) in [6.07, 6.45) is 1.94. The highest BCUT2D eigenvalue weighted by atomic mass is 16.5. The van der Waals surface area contributed by atoms with Crippen molar-refractivity contribution in [3.05, 3.63) is 54.0 Å². The number of hydrogen-bond donors (Lipinski definition) is 1. The summed E-state index contributed by atoms with van der Waals surface area (Å²) in [4.78, 5) is 20.9. The SMILES string of the molecule is COc1ccc(-c2ccnc3nc(NC(=O)CCn4nc(C)cc4C)nn23)cc1. The highest BCUT2D eigenvalue weighted by molar-refractivity contribution is 5.89. The van der Waals surface area contributed by atoms with E-state index < -0.39 is 0 Å². The van der Waals surface area contributed by atoms with Crippen molar-refractivity contribution in [1.29, 1.82) is 0 Å². The number of ether oxygens (including phenoxy) is 1. The van der Waals surface area contributed by atoms with Gasteiger partial charge in [0, 0.05) is 30.4 Å². The van der Waals surface area contributed by atoms with Crippen LogP contribution in [0.25, 0.3) is 17.0 Å². The van der Waals surface area contributed by atoms with Crippen LogP contribution in [0.15, 0.2) is 42.6 Å². The van der Waals surface area contributed by atoms with Gasteiger partial charge in [-0.1, -0.05) is 0 Å². The minimum atomic E-state index is -0.181. The largest absolute Gasteiger partial charge is 0.497 e. The Labute approximate surface area is 167 Å². The van der Waals surface area contributed by atoms with Crippen molar-refractivity contribution >= 4 is 17.6 Å². The van der Waals surface area contributed by atoms with Crippen molar-refractivity contribution in [2.75, 3.05) is 12.4 Å². The van der Waals surface area contributed by atoms with Crippen LogP contribution in [0.1, 0.15) is 17.8 Å². The molecule has 9 heteroatoms. The third-order valence-corrected chi connectivity index (χ3v) is 4.53. The molecule has 29 heavy (non-hydrogen) atoms. The third kappa shape index (κ3) is 3.93. The minimum Gasteiger partial charge on any atom is -0.497 e. The molecule has 3 aromatic heterocycles. The number of methoxy groups -OCH3 is 1. The van der Waals surface area contributed by atoms with Gasteiger partial charge in [-0.05, 0) is 50.2 Å². The lowest BCUT2D eigenvalue weighted by molar-refractivity contribution is -0.116. The first-order valence-corrected chi connectivity index (χ1v) is 9.20. The van der Waals surface area contributed by atoms with E-state index in [1.165, 1.54) is 0 Å². The Morgan fingerprint density at radius 3 is 2.62 bits per heavy atom. The number of benzene rings is 1. The fourth-order valence-electron chi connectivity index (χ4n) is 3.12. The number of rotatable bonds is 6. The Bertz CT molecular complexity index is 1160. The molecule has 1 amide bonds. The molecule has 1 N–H and O–H groups in total. The van der Waals surface area contributed by atoms with Crippen LogP contribution in [0.3, 0.4) is 0 Å². The van der Waals surface area contributed by atoms with Gasteiger partial charge < -0.3 is 4.74 Å². The van der Waals surface area contributed by atoms with Gasteiger partial charge in [-0.2, -0.15) is 14.6 Å². The molecule has 0 bridgehead atoms. The molecule has 148 valence electrons. The van der Waals surface area contributed by atoms with Gasteiger partial charge in [0.15, 0.2) is 0 Å². The number of nitrogens with one attached hydrogen (secondary N) is 1. The summed E-state index contributed by atoms with van der Waals surface area (Å²) in [5, 5.41) is 11.5. The van der Waals surface area contributed by atoms with Crippen molar-refractivity contribution < 1.29 is 9.53 Å². The van der Waals surface area contributed by atoms with Gasteiger partial charge in [-0.25, -0.2) is 4.98 Å². The van der Waals surface area contributed by atoms with Crippen LogP contribution in [0.2, 0.25) is 0 Å². The number of anilines is 1. The average molecular weight is 391 g/mol. The molecule has 0 spiro atoms. The van der Waals surface area contributed by atoms with Crippen molar-refractivity contribution in [2.24, 2.45) is 0 Å². The summed E-state index contributed by atoms with van der Waals surface area (Å²) < 4.78 is 8.63. The molecule has 3 heterocycles. The second kappa shape index (κ2) is 7.70. The molecule has 0 radical (unpaired) electrons. The molecular weight excluding hydrogens is 370 g/mol. The molecule has 0 atom stereocenters. The van der Waals surface area contributed by atoms with Crippen LogP contribution in [-0.4, -0.2) is 42.4 Å². The van der Waals surface area contributed by atoms with E-state index in [1.807, 2.05) is 54.9 Å². The van der Waals surface area contributed by atoms with Gasteiger partial charge in [0.2, 0.25) is 5.91 Å². The number of carbonyl (C=O) groups is 1. The number of fused-ring (bicyclic) bond motifs is 1. The van der Waals surface area contributed by atoms with Gasteiger partial charge in [-0.3, -0.25) is 14.8 Å². The summed E-state index contributed by atoms with van der Waals surface area (Å²) in [5.41, 5.74) is 3.70. The molecule has 4 aromatic rings. The molecule has 9 nitrogen and oxygen atoms in total. The van der Waals surface area contributed by atoms with E-state index in [0.717, 1.165) is 28.4 Å². The molecule has 0 unspecified atom stereocenters. The maximum atomic E-state index is 12.3. The molecule has 0 aliphatic rings. The number of hydrogen-bond acceptors (Lipinski definition) is 6. The average Bonchev–Trinajstić information content (AvgIpc) is 3.27. The second-order valence-corrected chi connectivity index (χ2v) is 6.65. The first-order valence-electron chi connectivity index (χ1n) is 9.20. The van der Waals surface area contributed by atoms with Crippen LogP contribution in [0.4, 0.5) is 5.95 Å². The lowest BCUT2D eigenvalue weighted by Crippen LogP contribution is -2.16. The maximum Gasteiger partial charge on any atom is 0.254 e. The van der Waals surface area contributed by atoms with Crippen molar-refractivity contribution in [3.63, 3.8) is 0 Å². The predicted octanol–water partition coefficient (Wildman–Crippen LogP) is 2.64. The lowest BCUT2D eigenvalue weighted by Gasteiger charge is -2.05. The Morgan fingerprint density at radius 1 is 1.14 bits per heavy atom. The molecule has 0 aliphatic carbocycles. The van der Waals surface area contributed by atoms with E-state index in [1.54, 1.807) is 17.8 Å². The quantitative estimate of drug-likeness (QED) is 0.542. The van der Waals surface area contributed by atoms with E-state index in [0.29, 0.717) is 12.3 Å². The zero-order valence-electron chi connectivity index (χ0n) is 16.5. The summed E-state index contributed by atoms with van der Waals surface area (Å²) in [6, 6.07) is 11.4. The summed E-state index contributed by atoms with van der Waals surface area (Å²) in [5.74, 6) is 1.22. The van der Waals surface area contributed by atoms with Crippen molar-refractivity contribution in [1.82, 2.24) is 29.4 Å². The number of aryl methyl sites for hydroxylation is 3. The summed E-state index contributed by atoms with van der Waals surface area (Å²) in [6.45, 7) is 4.39. The number of aromatic nitrogens is 6. The highest BCUT2D eigenvalue weighted by Crippen LogP contribution is 2.22. The topological polar surface area (TPSA) is 99.2 Å². The zero-order valence-corrected chi connectivity index (χ0v) is 16.5. The Balaban J connectivity index is 1.51. The van der Waals surface area contributed by atoms with E-state index in [9.17, 15) is 4.79 Å². The van der Waals surface area contributed by atoms with Gasteiger partial charge >= 0.3 is 0 Å². The van der Waals surface area contributed by atoms with Crippen LogP contribution >= 0.6 is 0 Å². The smallest absolute Gasteiger partial charge is 0.254 e. The van der Waals surface area contributed by atoms with Crippen LogP contribution < -0.4 is 10.1 Å². The van der Waals surface area contributed by atoms with E-state index in [4.69, 9.17) is 4.74 Å². The number of amides is 1. The van der Waals surface area contributed by atoms with Crippen LogP contribution in [0.5, 0.6) is 5.75 Å². The number of nitrogens with zero attached hydrogens (tertiary/aromatic N) is 6. The van der Waals surface area contributed by atoms with E-state index in [-0.39, 0.29) is 18.3 Å². The van der Waals surface area contributed by atoms with Crippen LogP contribution in [0, 0.1) is 13.8 Å². The van der Waals surface area contributed by atoms with Gasteiger partial charge in [-0.15, -0.1) is 5.10 Å². The molecule has 1 aromatic carbocycles. The predicted molar refractivity (Wildman–Crippen MR) is 108 cm³/mol. The summed E-state index contributed by atoms with van der Waals surface area (Å²) in [7, 11) is 1.63. The van der Waals surface area contributed by atoms with Crippen molar-refractivity contribution in [2.45, 2.75) is 26.8 Å². The highest BCUT2D eigenvalue weighted by Gasteiger charge is 2.13. The standard InChI is InChI=1S/C20H21N7O2/c1-13-12-14(2)26(24-13)11-9-18(28)22-19-23-20-21-10-8-17(27(20)25-19)15-4-6-16(29-3)7-5-15/h4-8,10,12H,9,11H2,1-3H3,(H,22,25,28). The Kier molecular flexibility index (Phi) is 4.94. The van der Waals surface area contributed by atoms with E-state index >= 15 is 0 Å². The summed E-state index contributed by atoms with van der Waals surface area (Å²) >= 11 is 0. The third-order valence-electron chi connectivity index (χ3n) is 4.53. The zero-order chi connectivity index (χ0) is 20.4. The molecule has 0 saturated heterocycles. The number of carbonyl (C=O) groups excluding carboxylic acids is 1. The fraction of sp³-hybridized carbons (Fsp3) is 0.250. The van der Waals surface area contributed by atoms with Gasteiger partial charge in [0.05, 0.1) is 18.5 Å². The Morgan fingerprint density at radius 2 is 1.93 bits per heavy atom. The van der Waals surface area contributed by atoms with Gasteiger partial charge in [0.25, 0.3) is 11.7 Å². The lowest BCUT2D eigenvalue weighted by atomic mass is 10.1. The molecular formula is C20H21N7O2. The second-order valence-electron chi connectivity index (χ2n) is 6.65. The first-order chi connectivity index (χ1) is 14.0. The maximum absolute atomic E-state index is 12.3. The van der Waals surface area contributed by atoms with Gasteiger partial charge in [0.1, 0.15) is 5.75 Å². The molecule has 0 aliphatic heterocycles. The normalized spacial score (nSPS) is 11.0. The minimum absolute atomic E-state index is 0.181. The van der Waals surface area contributed by atoms with Crippen molar-refractivity contribution in [3.8, 4) is 17.0 Å².